The minimum Gasteiger partial charge on any atom is -0.250 e. The lowest BCUT2D eigenvalue weighted by Crippen LogP contribution is -2.34. The molecule has 1 atom stereocenters. The van der Waals surface area contributed by atoms with Gasteiger partial charge in [0.1, 0.15) is 5.41 Å². The monoisotopic (exact) mass is 377 g/mol. The Balaban J connectivity index is 1.80. The predicted octanol–water partition coefficient (Wildman–Crippen LogP) is 6.81. The molecule has 0 saturated carbocycles. The maximum Gasteiger partial charge on any atom is 0.101 e. The van der Waals surface area contributed by atoms with Gasteiger partial charge >= 0.3 is 0 Å². The van der Waals surface area contributed by atoms with Crippen LogP contribution < -0.4 is 0 Å². The van der Waals surface area contributed by atoms with Crippen molar-refractivity contribution in [1.82, 2.24) is 0 Å². The number of rotatable bonds is 1. The number of thiophene rings is 1. The van der Waals surface area contributed by atoms with E-state index in [4.69, 9.17) is 4.99 Å². The van der Waals surface area contributed by atoms with Crippen LogP contribution in [0.2, 0.25) is 0 Å². The van der Waals surface area contributed by atoms with Gasteiger partial charge in [-0.15, -0.1) is 11.3 Å². The summed E-state index contributed by atoms with van der Waals surface area (Å²) in [6.07, 6.45) is 0. The molecule has 2 aliphatic rings. The fraction of sp³-hybridized carbons (Fsp3) is 0.115. The van der Waals surface area contributed by atoms with Gasteiger partial charge in [0.2, 0.25) is 0 Å². The molecule has 2 heterocycles. The molecule has 1 aliphatic heterocycles. The van der Waals surface area contributed by atoms with Crippen LogP contribution in [0.4, 0.5) is 5.69 Å². The molecule has 6 rings (SSSR count). The lowest BCUT2D eigenvalue weighted by Gasteiger charge is -2.30. The zero-order valence-corrected chi connectivity index (χ0v) is 16.7. The third kappa shape index (κ3) is 1.79. The Kier molecular flexibility index (Phi) is 3.16. The van der Waals surface area contributed by atoms with E-state index < -0.39 is 0 Å². The van der Waals surface area contributed by atoms with Crippen LogP contribution in [-0.2, 0) is 5.41 Å². The number of benzene rings is 3. The van der Waals surface area contributed by atoms with Crippen molar-refractivity contribution in [3.8, 4) is 11.1 Å². The van der Waals surface area contributed by atoms with Gasteiger partial charge in [-0.05, 0) is 64.2 Å². The summed E-state index contributed by atoms with van der Waals surface area (Å²) in [7, 11) is 0. The van der Waals surface area contributed by atoms with Gasteiger partial charge in [0.15, 0.2) is 0 Å². The minimum absolute atomic E-state index is 0.310. The molecule has 0 amide bonds. The Morgan fingerprint density at radius 1 is 0.750 bits per heavy atom. The van der Waals surface area contributed by atoms with Gasteiger partial charge in [-0.25, -0.2) is 0 Å². The third-order valence-corrected chi connectivity index (χ3v) is 7.39. The first-order valence-electron chi connectivity index (χ1n) is 9.66. The number of hydrogen-bond acceptors (Lipinski definition) is 2. The molecule has 1 aliphatic carbocycles. The van der Waals surface area contributed by atoms with E-state index >= 15 is 0 Å². The van der Waals surface area contributed by atoms with Gasteiger partial charge in [-0.2, -0.15) is 0 Å². The first-order chi connectivity index (χ1) is 13.7. The predicted molar refractivity (Wildman–Crippen MR) is 118 cm³/mol. The largest absolute Gasteiger partial charge is 0.250 e. The summed E-state index contributed by atoms with van der Waals surface area (Å²) in [5.74, 6) is 0. The van der Waals surface area contributed by atoms with E-state index in [1.807, 2.05) is 11.3 Å². The third-order valence-electron chi connectivity index (χ3n) is 6.36. The smallest absolute Gasteiger partial charge is 0.101 e. The molecule has 0 N–H and O–H groups in total. The molecule has 134 valence electrons. The van der Waals surface area contributed by atoms with E-state index in [-0.39, 0.29) is 5.41 Å². The summed E-state index contributed by atoms with van der Waals surface area (Å²) >= 11 is 1.86. The zero-order chi connectivity index (χ0) is 18.9. The quantitative estimate of drug-likeness (QED) is 0.345. The lowest BCUT2D eigenvalue weighted by molar-refractivity contribution is 0.900. The first-order valence-corrected chi connectivity index (χ1v) is 10.5. The fourth-order valence-corrected chi connectivity index (χ4v) is 6.07. The van der Waals surface area contributed by atoms with Crippen molar-refractivity contribution in [1.29, 1.82) is 0 Å². The maximum absolute atomic E-state index is 5.32. The van der Waals surface area contributed by atoms with E-state index in [1.165, 1.54) is 43.8 Å². The van der Waals surface area contributed by atoms with E-state index in [0.717, 1.165) is 11.4 Å². The Labute approximate surface area is 169 Å². The highest BCUT2D eigenvalue weighted by molar-refractivity contribution is 7.11. The summed E-state index contributed by atoms with van der Waals surface area (Å²) in [4.78, 5) is 6.72. The van der Waals surface area contributed by atoms with Crippen LogP contribution in [0.25, 0.3) is 11.1 Å². The van der Waals surface area contributed by atoms with Gasteiger partial charge in [-0.3, -0.25) is 4.99 Å². The van der Waals surface area contributed by atoms with Crippen LogP contribution in [-0.4, -0.2) is 5.71 Å². The summed E-state index contributed by atoms with van der Waals surface area (Å²) in [5.41, 5.74) is 11.2. The summed E-state index contributed by atoms with van der Waals surface area (Å²) < 4.78 is 0. The highest BCUT2D eigenvalue weighted by Gasteiger charge is 2.53. The van der Waals surface area contributed by atoms with Crippen LogP contribution in [0.15, 0.2) is 83.2 Å². The van der Waals surface area contributed by atoms with Gasteiger partial charge in [0.05, 0.1) is 11.4 Å². The van der Waals surface area contributed by atoms with Crippen molar-refractivity contribution in [3.63, 3.8) is 0 Å². The molecule has 0 fully saturated rings. The molecule has 28 heavy (non-hydrogen) atoms. The van der Waals surface area contributed by atoms with Gasteiger partial charge in [-0.1, -0.05) is 66.7 Å². The standard InChI is InChI=1S/C26H19NS/c1-16-12-13-22-23(17(16)2)27-24(18-8-4-3-5-9-18)26(22)21-11-7-6-10-19(21)20-14-15-28-25(20)26/h3-15H,1-2H3. The fourth-order valence-electron chi connectivity index (χ4n) is 4.93. The second-order valence-electron chi connectivity index (χ2n) is 7.69. The number of fused-ring (bicyclic) bond motifs is 7. The van der Waals surface area contributed by atoms with Crippen LogP contribution >= 0.6 is 11.3 Å². The molecular weight excluding hydrogens is 358 g/mol. The molecule has 1 spiro atoms. The van der Waals surface area contributed by atoms with Crippen molar-refractivity contribution in [3.05, 3.63) is 111 Å². The molecule has 1 aromatic heterocycles. The van der Waals surface area contributed by atoms with Gasteiger partial charge in [0.25, 0.3) is 0 Å². The number of aryl methyl sites for hydroxylation is 1. The second kappa shape index (κ2) is 5.52. The summed E-state index contributed by atoms with van der Waals surface area (Å²) in [6.45, 7) is 4.38. The molecule has 2 heteroatoms. The Bertz CT molecular complexity index is 1280. The van der Waals surface area contributed by atoms with Crippen molar-refractivity contribution < 1.29 is 0 Å². The Morgan fingerprint density at radius 2 is 1.54 bits per heavy atom. The number of aliphatic imine (C=N–C) groups is 1. The van der Waals surface area contributed by atoms with Crippen molar-refractivity contribution in [2.75, 3.05) is 0 Å². The average molecular weight is 378 g/mol. The highest BCUT2D eigenvalue weighted by Crippen LogP contribution is 2.61. The molecule has 3 aromatic carbocycles. The van der Waals surface area contributed by atoms with E-state index in [1.54, 1.807) is 0 Å². The van der Waals surface area contributed by atoms with Crippen LogP contribution in [0.5, 0.6) is 0 Å². The van der Waals surface area contributed by atoms with E-state index in [9.17, 15) is 0 Å². The van der Waals surface area contributed by atoms with Gasteiger partial charge < -0.3 is 0 Å². The second-order valence-corrected chi connectivity index (χ2v) is 8.61. The lowest BCUT2D eigenvalue weighted by atomic mass is 9.71. The summed E-state index contributed by atoms with van der Waals surface area (Å²) in [6, 6.07) is 26.4. The molecule has 4 aromatic rings. The molecule has 0 radical (unpaired) electrons. The topological polar surface area (TPSA) is 12.4 Å². The number of hydrogen-bond donors (Lipinski definition) is 0. The van der Waals surface area contributed by atoms with Gasteiger partial charge in [0, 0.05) is 4.88 Å². The molecule has 0 bridgehead atoms. The van der Waals surface area contributed by atoms with Crippen LogP contribution in [0.1, 0.15) is 32.7 Å². The van der Waals surface area contributed by atoms with Crippen molar-refractivity contribution >= 4 is 22.7 Å². The molecule has 1 nitrogen and oxygen atoms in total. The normalized spacial score (nSPS) is 18.7. The SMILES string of the molecule is Cc1ccc2c(c1C)N=C(c1ccccc1)C21c2ccccc2-c2ccsc21. The highest BCUT2D eigenvalue weighted by atomic mass is 32.1. The van der Waals surface area contributed by atoms with Crippen molar-refractivity contribution in [2.45, 2.75) is 19.3 Å². The average Bonchev–Trinajstić information content (AvgIpc) is 3.41. The molecule has 0 saturated heterocycles. The van der Waals surface area contributed by atoms with Crippen molar-refractivity contribution in [2.24, 2.45) is 4.99 Å². The first kappa shape index (κ1) is 16.0. The van der Waals surface area contributed by atoms with Crippen LogP contribution in [0, 0.1) is 13.8 Å². The summed E-state index contributed by atoms with van der Waals surface area (Å²) in [5, 5.41) is 2.23. The Morgan fingerprint density at radius 3 is 2.39 bits per heavy atom. The van der Waals surface area contributed by atoms with E-state index in [2.05, 4.69) is 92.0 Å². The minimum atomic E-state index is -0.310. The number of nitrogens with zero attached hydrogens (tertiary/aromatic N) is 1. The maximum atomic E-state index is 5.32. The Hall–Kier alpha value is -2.97. The zero-order valence-electron chi connectivity index (χ0n) is 15.9. The molecule has 1 unspecified atom stereocenters. The van der Waals surface area contributed by atoms with E-state index in [0.29, 0.717) is 0 Å². The van der Waals surface area contributed by atoms with Crippen LogP contribution in [0.3, 0.4) is 0 Å². The molecular formula is C26H19NS.